The molecule has 1 aliphatic carbocycles. The minimum absolute atomic E-state index is 0.0457. The second-order valence-electron chi connectivity index (χ2n) is 6.13. The molecule has 1 saturated carbocycles. The van der Waals surface area contributed by atoms with Gasteiger partial charge in [0, 0.05) is 6.07 Å². The second-order valence-corrected chi connectivity index (χ2v) is 6.13. The standard InChI is InChI=1S/C19H16FNO3/c20-12-9-10-17(24-13-5-1-2-6-13)16(11-12)21-18(22)14-7-3-4-8-15(14)19(21)23/h3-4,7-11,13H,1-2,5-6H2. The molecule has 0 radical (unpaired) electrons. The Kier molecular flexibility index (Phi) is 3.56. The molecule has 0 atom stereocenters. The van der Waals surface area contributed by atoms with Crippen LogP contribution < -0.4 is 9.64 Å². The molecule has 1 heterocycles. The summed E-state index contributed by atoms with van der Waals surface area (Å²) in [6.07, 6.45) is 4.09. The predicted molar refractivity (Wildman–Crippen MR) is 86.9 cm³/mol. The van der Waals surface area contributed by atoms with Crippen molar-refractivity contribution in [2.24, 2.45) is 0 Å². The van der Waals surface area contributed by atoms with Crippen LogP contribution in [0.15, 0.2) is 42.5 Å². The highest BCUT2D eigenvalue weighted by Gasteiger charge is 2.38. The normalized spacial score (nSPS) is 17.5. The van der Waals surface area contributed by atoms with Crippen LogP contribution in [0.3, 0.4) is 0 Å². The fourth-order valence-electron chi connectivity index (χ4n) is 3.36. The molecule has 0 bridgehead atoms. The number of carbonyl (C=O) groups excluding carboxylic acids is 2. The van der Waals surface area contributed by atoms with Crippen molar-refractivity contribution in [3.05, 3.63) is 59.4 Å². The fourth-order valence-corrected chi connectivity index (χ4v) is 3.36. The Morgan fingerprint density at radius 2 is 1.58 bits per heavy atom. The van der Waals surface area contributed by atoms with Crippen molar-refractivity contribution in [2.45, 2.75) is 31.8 Å². The number of nitrogens with zero attached hydrogens (tertiary/aromatic N) is 1. The van der Waals surface area contributed by atoms with E-state index in [-0.39, 0.29) is 11.8 Å². The zero-order chi connectivity index (χ0) is 16.7. The van der Waals surface area contributed by atoms with E-state index in [1.165, 1.54) is 18.2 Å². The summed E-state index contributed by atoms with van der Waals surface area (Å²) < 4.78 is 19.7. The number of fused-ring (bicyclic) bond motifs is 1. The third kappa shape index (κ3) is 2.37. The first kappa shape index (κ1) is 14.9. The molecule has 2 amide bonds. The molecule has 2 aromatic rings. The van der Waals surface area contributed by atoms with Gasteiger partial charge in [0.1, 0.15) is 11.6 Å². The number of halogens is 1. The quantitative estimate of drug-likeness (QED) is 0.803. The van der Waals surface area contributed by atoms with Gasteiger partial charge in [-0.1, -0.05) is 12.1 Å². The lowest BCUT2D eigenvalue weighted by Gasteiger charge is -2.21. The number of amides is 2. The molecule has 122 valence electrons. The number of hydrogen-bond acceptors (Lipinski definition) is 3. The van der Waals surface area contributed by atoms with Gasteiger partial charge in [0.05, 0.1) is 22.9 Å². The van der Waals surface area contributed by atoms with Crippen LogP contribution in [-0.4, -0.2) is 17.9 Å². The molecule has 24 heavy (non-hydrogen) atoms. The molecule has 4 rings (SSSR count). The zero-order valence-electron chi connectivity index (χ0n) is 13.0. The first-order valence-corrected chi connectivity index (χ1v) is 8.09. The Hall–Kier alpha value is -2.69. The van der Waals surface area contributed by atoms with Crippen molar-refractivity contribution in [3.63, 3.8) is 0 Å². The van der Waals surface area contributed by atoms with Gasteiger partial charge in [-0.05, 0) is 49.9 Å². The van der Waals surface area contributed by atoms with Crippen LogP contribution in [0.4, 0.5) is 10.1 Å². The van der Waals surface area contributed by atoms with Gasteiger partial charge in [0.25, 0.3) is 11.8 Å². The number of carbonyl (C=O) groups is 2. The molecule has 0 spiro atoms. The molecule has 0 saturated heterocycles. The van der Waals surface area contributed by atoms with Crippen LogP contribution in [0.2, 0.25) is 0 Å². The Bertz CT molecular complexity index is 792. The first-order valence-electron chi connectivity index (χ1n) is 8.09. The third-order valence-corrected chi connectivity index (χ3v) is 4.55. The fraction of sp³-hybridized carbons (Fsp3) is 0.263. The van der Waals surface area contributed by atoms with Crippen molar-refractivity contribution < 1.29 is 18.7 Å². The Morgan fingerprint density at radius 1 is 0.958 bits per heavy atom. The maximum Gasteiger partial charge on any atom is 0.266 e. The van der Waals surface area contributed by atoms with E-state index in [0.29, 0.717) is 16.9 Å². The molecule has 2 aromatic carbocycles. The lowest BCUT2D eigenvalue weighted by atomic mass is 10.1. The monoisotopic (exact) mass is 325 g/mol. The average Bonchev–Trinajstić information content (AvgIpc) is 3.18. The summed E-state index contributed by atoms with van der Waals surface area (Å²) in [6, 6.07) is 10.6. The van der Waals surface area contributed by atoms with Crippen molar-refractivity contribution in [2.75, 3.05) is 4.90 Å². The summed E-state index contributed by atoms with van der Waals surface area (Å²) in [5.41, 5.74) is 0.838. The van der Waals surface area contributed by atoms with Gasteiger partial charge in [0.15, 0.2) is 0 Å². The second kappa shape index (κ2) is 5.74. The van der Waals surface area contributed by atoms with E-state index < -0.39 is 17.6 Å². The minimum Gasteiger partial charge on any atom is -0.488 e. The lowest BCUT2D eigenvalue weighted by Crippen LogP contribution is -2.30. The molecule has 1 fully saturated rings. The summed E-state index contributed by atoms with van der Waals surface area (Å²) in [4.78, 5) is 26.3. The summed E-state index contributed by atoms with van der Waals surface area (Å²) >= 11 is 0. The van der Waals surface area contributed by atoms with Gasteiger partial charge in [-0.15, -0.1) is 0 Å². The summed E-state index contributed by atoms with van der Waals surface area (Å²) in [5, 5.41) is 0. The molecular formula is C19H16FNO3. The Balaban J connectivity index is 1.75. The maximum absolute atomic E-state index is 13.8. The van der Waals surface area contributed by atoms with E-state index in [9.17, 15) is 14.0 Å². The van der Waals surface area contributed by atoms with Gasteiger partial charge in [-0.3, -0.25) is 9.59 Å². The van der Waals surface area contributed by atoms with Gasteiger partial charge in [-0.25, -0.2) is 9.29 Å². The SMILES string of the molecule is O=C1c2ccccc2C(=O)N1c1cc(F)ccc1OC1CCCC1. The predicted octanol–water partition coefficient (Wildman–Crippen LogP) is 3.95. The lowest BCUT2D eigenvalue weighted by molar-refractivity contribution is 0.0923. The number of ether oxygens (including phenoxy) is 1. The van der Waals surface area contributed by atoms with Crippen LogP contribution >= 0.6 is 0 Å². The van der Waals surface area contributed by atoms with E-state index in [0.717, 1.165) is 30.6 Å². The number of imide groups is 1. The van der Waals surface area contributed by atoms with E-state index in [1.54, 1.807) is 24.3 Å². The van der Waals surface area contributed by atoms with Crippen LogP contribution in [0, 0.1) is 5.82 Å². The number of rotatable bonds is 3. The van der Waals surface area contributed by atoms with E-state index in [2.05, 4.69) is 0 Å². The topological polar surface area (TPSA) is 46.6 Å². The minimum atomic E-state index is -0.514. The molecular weight excluding hydrogens is 309 g/mol. The number of benzene rings is 2. The van der Waals surface area contributed by atoms with E-state index in [1.807, 2.05) is 0 Å². The molecule has 0 N–H and O–H groups in total. The molecule has 2 aliphatic rings. The summed E-state index contributed by atoms with van der Waals surface area (Å²) in [7, 11) is 0. The van der Waals surface area contributed by atoms with Gasteiger partial charge >= 0.3 is 0 Å². The number of anilines is 1. The van der Waals surface area contributed by atoms with E-state index in [4.69, 9.17) is 4.74 Å². The molecule has 5 heteroatoms. The van der Waals surface area contributed by atoms with Crippen molar-refractivity contribution >= 4 is 17.5 Å². The van der Waals surface area contributed by atoms with Crippen LogP contribution in [0.25, 0.3) is 0 Å². The van der Waals surface area contributed by atoms with Crippen LogP contribution in [0.5, 0.6) is 5.75 Å². The molecule has 0 aromatic heterocycles. The summed E-state index contributed by atoms with van der Waals surface area (Å²) in [5.74, 6) is -1.03. The maximum atomic E-state index is 13.8. The third-order valence-electron chi connectivity index (χ3n) is 4.55. The highest BCUT2D eigenvalue weighted by atomic mass is 19.1. The molecule has 0 unspecified atom stereocenters. The largest absolute Gasteiger partial charge is 0.488 e. The van der Waals surface area contributed by atoms with Crippen molar-refractivity contribution in [3.8, 4) is 5.75 Å². The molecule has 4 nitrogen and oxygen atoms in total. The van der Waals surface area contributed by atoms with Gasteiger partial charge < -0.3 is 4.74 Å². The Labute approximate surface area is 138 Å². The van der Waals surface area contributed by atoms with Crippen molar-refractivity contribution in [1.29, 1.82) is 0 Å². The van der Waals surface area contributed by atoms with Gasteiger partial charge in [0.2, 0.25) is 0 Å². The molecule has 1 aliphatic heterocycles. The zero-order valence-corrected chi connectivity index (χ0v) is 13.0. The Morgan fingerprint density at radius 3 is 2.21 bits per heavy atom. The highest BCUT2D eigenvalue weighted by Crippen LogP contribution is 2.37. The first-order chi connectivity index (χ1) is 11.6. The van der Waals surface area contributed by atoms with Gasteiger partial charge in [-0.2, -0.15) is 0 Å². The van der Waals surface area contributed by atoms with Crippen LogP contribution in [-0.2, 0) is 0 Å². The van der Waals surface area contributed by atoms with Crippen LogP contribution in [0.1, 0.15) is 46.4 Å². The highest BCUT2D eigenvalue weighted by molar-refractivity contribution is 6.34. The van der Waals surface area contributed by atoms with E-state index >= 15 is 0 Å². The average molecular weight is 325 g/mol. The smallest absolute Gasteiger partial charge is 0.266 e. The summed E-state index contributed by atoms with van der Waals surface area (Å²) in [6.45, 7) is 0. The van der Waals surface area contributed by atoms with Crippen molar-refractivity contribution in [1.82, 2.24) is 0 Å². The number of hydrogen-bond donors (Lipinski definition) is 0.